The lowest BCUT2D eigenvalue weighted by Crippen LogP contribution is -2.55. The van der Waals surface area contributed by atoms with Crippen LogP contribution in [0.1, 0.15) is 59.3 Å². The lowest BCUT2D eigenvalue weighted by Gasteiger charge is -2.58. The third-order valence-electron chi connectivity index (χ3n) is 8.24. The molecular formula is C23H34O. The summed E-state index contributed by atoms with van der Waals surface area (Å²) in [5.74, 6) is 5.31. The van der Waals surface area contributed by atoms with Crippen molar-refractivity contribution < 1.29 is 4.74 Å². The van der Waals surface area contributed by atoms with Crippen molar-refractivity contribution in [3.05, 3.63) is 36.6 Å². The number of rotatable bonds is 3. The van der Waals surface area contributed by atoms with Crippen LogP contribution in [0.4, 0.5) is 0 Å². The van der Waals surface area contributed by atoms with Gasteiger partial charge in [0.05, 0.1) is 5.76 Å². The SMILES string of the molecule is C=CC1CCC2C(=CC3OC(=C)C4C(CCC)CC(C)C2(C)C34)C1. The van der Waals surface area contributed by atoms with Crippen LogP contribution in [0.25, 0.3) is 0 Å². The van der Waals surface area contributed by atoms with Crippen molar-refractivity contribution in [1.82, 2.24) is 0 Å². The molecule has 1 heterocycles. The van der Waals surface area contributed by atoms with Crippen molar-refractivity contribution in [3.8, 4) is 0 Å². The maximum atomic E-state index is 6.39. The molecule has 0 amide bonds. The van der Waals surface area contributed by atoms with E-state index in [2.05, 4.69) is 46.1 Å². The van der Waals surface area contributed by atoms with Crippen molar-refractivity contribution >= 4 is 0 Å². The van der Waals surface area contributed by atoms with E-state index in [9.17, 15) is 0 Å². The van der Waals surface area contributed by atoms with E-state index in [0.717, 1.165) is 23.5 Å². The quantitative estimate of drug-likeness (QED) is 0.566. The number of hydrogen-bond donors (Lipinski definition) is 0. The van der Waals surface area contributed by atoms with E-state index in [-0.39, 0.29) is 6.10 Å². The molecule has 0 aromatic heterocycles. The summed E-state index contributed by atoms with van der Waals surface area (Å²) >= 11 is 0. The number of ether oxygens (including phenoxy) is 1. The van der Waals surface area contributed by atoms with E-state index in [1.165, 1.54) is 38.5 Å². The van der Waals surface area contributed by atoms with Gasteiger partial charge < -0.3 is 4.74 Å². The summed E-state index contributed by atoms with van der Waals surface area (Å²) in [6.45, 7) is 15.9. The van der Waals surface area contributed by atoms with Gasteiger partial charge in [0.25, 0.3) is 0 Å². The van der Waals surface area contributed by atoms with Gasteiger partial charge >= 0.3 is 0 Å². The van der Waals surface area contributed by atoms with Crippen molar-refractivity contribution in [1.29, 1.82) is 0 Å². The van der Waals surface area contributed by atoms with Crippen molar-refractivity contribution in [2.24, 2.45) is 40.9 Å². The standard InChI is InChI=1S/C23H34O/c1-6-8-17-11-14(3)23(5)19-10-9-16(7-2)12-18(19)13-20-22(23)21(17)15(4)24-20/h7,13-14,16-17,19-22H,2,4,6,8-12H2,1,3,5H3. The van der Waals surface area contributed by atoms with E-state index in [0.29, 0.717) is 23.2 Å². The van der Waals surface area contributed by atoms with Crippen molar-refractivity contribution in [2.75, 3.05) is 0 Å². The van der Waals surface area contributed by atoms with Gasteiger partial charge in [-0.1, -0.05) is 45.4 Å². The Morgan fingerprint density at radius 2 is 2.17 bits per heavy atom. The molecule has 1 aliphatic heterocycles. The fraction of sp³-hybridized carbons (Fsp3) is 0.739. The number of hydrogen-bond acceptors (Lipinski definition) is 1. The molecule has 1 saturated heterocycles. The molecule has 1 nitrogen and oxygen atoms in total. The zero-order valence-corrected chi connectivity index (χ0v) is 15.8. The highest BCUT2D eigenvalue weighted by Crippen LogP contribution is 2.66. The van der Waals surface area contributed by atoms with Crippen LogP contribution >= 0.6 is 0 Å². The molecule has 0 N–H and O–H groups in total. The fourth-order valence-electron chi connectivity index (χ4n) is 7.01. The first-order valence-electron chi connectivity index (χ1n) is 10.2. The molecule has 0 aromatic rings. The Bertz CT molecular complexity index is 573. The molecule has 0 radical (unpaired) electrons. The molecule has 3 aliphatic carbocycles. The summed E-state index contributed by atoms with van der Waals surface area (Å²) in [5, 5.41) is 0. The molecular weight excluding hydrogens is 292 g/mol. The van der Waals surface area contributed by atoms with Crippen molar-refractivity contribution in [2.45, 2.75) is 65.4 Å². The zero-order valence-electron chi connectivity index (χ0n) is 15.8. The minimum absolute atomic E-state index is 0.282. The summed E-state index contributed by atoms with van der Waals surface area (Å²) in [6, 6.07) is 0. The van der Waals surface area contributed by atoms with E-state index in [4.69, 9.17) is 4.74 Å². The van der Waals surface area contributed by atoms with Crippen LogP contribution in [-0.2, 0) is 4.74 Å². The largest absolute Gasteiger partial charge is 0.491 e. The molecule has 4 rings (SSSR count). The highest BCUT2D eigenvalue weighted by Gasteiger charge is 2.62. The monoisotopic (exact) mass is 326 g/mol. The Morgan fingerprint density at radius 1 is 1.38 bits per heavy atom. The first-order chi connectivity index (χ1) is 11.5. The fourth-order valence-corrected chi connectivity index (χ4v) is 7.01. The van der Waals surface area contributed by atoms with Gasteiger partial charge in [0.2, 0.25) is 0 Å². The van der Waals surface area contributed by atoms with E-state index in [1.54, 1.807) is 5.57 Å². The predicted octanol–water partition coefficient (Wildman–Crippen LogP) is 6.14. The first-order valence-corrected chi connectivity index (χ1v) is 10.2. The van der Waals surface area contributed by atoms with Crippen LogP contribution in [0.3, 0.4) is 0 Å². The minimum Gasteiger partial charge on any atom is -0.491 e. The highest BCUT2D eigenvalue weighted by atomic mass is 16.5. The van der Waals surface area contributed by atoms with Gasteiger partial charge in [-0.25, -0.2) is 0 Å². The number of fused-ring (bicyclic) bond motifs is 2. The van der Waals surface area contributed by atoms with Gasteiger partial charge in [-0.05, 0) is 67.3 Å². The van der Waals surface area contributed by atoms with Crippen LogP contribution in [0.15, 0.2) is 36.6 Å². The molecule has 2 saturated carbocycles. The smallest absolute Gasteiger partial charge is 0.121 e. The van der Waals surface area contributed by atoms with Gasteiger partial charge in [-0.15, -0.1) is 6.58 Å². The summed E-state index contributed by atoms with van der Waals surface area (Å²) in [7, 11) is 0. The summed E-state index contributed by atoms with van der Waals surface area (Å²) < 4.78 is 6.39. The molecule has 132 valence electrons. The second-order valence-corrected chi connectivity index (χ2v) is 9.22. The molecule has 24 heavy (non-hydrogen) atoms. The molecule has 4 aliphatic rings. The van der Waals surface area contributed by atoms with E-state index in [1.807, 2.05) is 0 Å². The molecule has 8 unspecified atom stereocenters. The topological polar surface area (TPSA) is 9.23 Å². The Labute approximate surface area is 148 Å². The van der Waals surface area contributed by atoms with E-state index < -0.39 is 0 Å². The van der Waals surface area contributed by atoms with Gasteiger partial charge in [0.15, 0.2) is 0 Å². The van der Waals surface area contributed by atoms with Crippen LogP contribution in [0.2, 0.25) is 0 Å². The van der Waals surface area contributed by atoms with Crippen LogP contribution in [0.5, 0.6) is 0 Å². The molecule has 8 atom stereocenters. The average Bonchev–Trinajstić information content (AvgIpc) is 2.89. The average molecular weight is 327 g/mol. The Hall–Kier alpha value is -0.980. The Kier molecular flexibility index (Phi) is 3.97. The third kappa shape index (κ3) is 2.12. The second kappa shape index (κ2) is 5.78. The summed E-state index contributed by atoms with van der Waals surface area (Å²) in [6.07, 6.45) is 12.8. The maximum absolute atomic E-state index is 6.39. The zero-order chi connectivity index (χ0) is 17.1. The van der Waals surface area contributed by atoms with E-state index >= 15 is 0 Å². The van der Waals surface area contributed by atoms with Crippen LogP contribution < -0.4 is 0 Å². The second-order valence-electron chi connectivity index (χ2n) is 9.22. The van der Waals surface area contributed by atoms with Gasteiger partial charge in [0, 0.05) is 11.8 Å². The molecule has 3 fully saturated rings. The molecule has 1 heteroatoms. The predicted molar refractivity (Wildman–Crippen MR) is 100 cm³/mol. The normalized spacial score (nSPS) is 49.7. The molecule has 0 aromatic carbocycles. The van der Waals surface area contributed by atoms with Crippen LogP contribution in [0, 0.1) is 40.9 Å². The number of allylic oxidation sites excluding steroid dienone is 3. The van der Waals surface area contributed by atoms with Crippen molar-refractivity contribution in [3.63, 3.8) is 0 Å². The third-order valence-corrected chi connectivity index (χ3v) is 8.24. The lowest BCUT2D eigenvalue weighted by atomic mass is 9.44. The maximum Gasteiger partial charge on any atom is 0.121 e. The molecule has 0 bridgehead atoms. The lowest BCUT2D eigenvalue weighted by molar-refractivity contribution is -0.0730. The van der Waals surface area contributed by atoms with Gasteiger partial charge in [-0.2, -0.15) is 0 Å². The molecule has 0 spiro atoms. The Balaban J connectivity index is 1.76. The Morgan fingerprint density at radius 3 is 2.88 bits per heavy atom. The minimum atomic E-state index is 0.282. The summed E-state index contributed by atoms with van der Waals surface area (Å²) in [4.78, 5) is 0. The van der Waals surface area contributed by atoms with Gasteiger partial charge in [-0.3, -0.25) is 0 Å². The van der Waals surface area contributed by atoms with Gasteiger partial charge in [0.1, 0.15) is 6.10 Å². The summed E-state index contributed by atoms with van der Waals surface area (Å²) in [5.41, 5.74) is 2.05. The van der Waals surface area contributed by atoms with Crippen LogP contribution in [-0.4, -0.2) is 6.10 Å². The highest BCUT2D eigenvalue weighted by molar-refractivity contribution is 5.30. The first kappa shape index (κ1) is 16.5.